The van der Waals surface area contributed by atoms with Crippen molar-refractivity contribution in [2.24, 2.45) is 5.73 Å². The number of benzene rings is 1. The van der Waals surface area contributed by atoms with Gasteiger partial charge in [-0.15, -0.1) is 0 Å². The maximum absolute atomic E-state index is 10.7. The van der Waals surface area contributed by atoms with Gasteiger partial charge in [0, 0.05) is 25.3 Å². The third-order valence-electron chi connectivity index (χ3n) is 2.60. The van der Waals surface area contributed by atoms with Gasteiger partial charge in [-0.05, 0) is 12.1 Å². The molecule has 0 aliphatic rings. The number of aliphatic carboxylic acids is 1. The van der Waals surface area contributed by atoms with Gasteiger partial charge >= 0.3 is 5.97 Å². The number of carboxylic acids is 1. The van der Waals surface area contributed by atoms with Gasteiger partial charge in [-0.1, -0.05) is 0 Å². The van der Waals surface area contributed by atoms with Crippen LogP contribution in [-0.4, -0.2) is 44.9 Å². The first kappa shape index (κ1) is 14.1. The predicted octanol–water partition coefficient (Wildman–Crippen LogP) is 0.552. The zero-order valence-corrected chi connectivity index (χ0v) is 10.7. The molecule has 0 saturated carbocycles. The third kappa shape index (κ3) is 3.27. The molecule has 0 aliphatic heterocycles. The van der Waals surface area contributed by atoms with Crippen LogP contribution >= 0.6 is 0 Å². The van der Waals surface area contributed by atoms with E-state index in [4.69, 9.17) is 20.3 Å². The van der Waals surface area contributed by atoms with Gasteiger partial charge in [-0.25, -0.2) is 0 Å². The van der Waals surface area contributed by atoms with E-state index in [1.807, 2.05) is 6.07 Å². The maximum atomic E-state index is 10.7. The summed E-state index contributed by atoms with van der Waals surface area (Å²) in [5.41, 5.74) is 6.29. The molecule has 0 heterocycles. The average Bonchev–Trinajstić information content (AvgIpc) is 2.37. The van der Waals surface area contributed by atoms with E-state index >= 15 is 0 Å². The number of carboxylic acid groups (broad SMARTS) is 1. The van der Waals surface area contributed by atoms with Crippen molar-refractivity contribution in [1.29, 1.82) is 0 Å². The molecule has 0 radical (unpaired) electrons. The van der Waals surface area contributed by atoms with E-state index in [-0.39, 0.29) is 6.54 Å². The molecule has 0 amide bonds. The van der Waals surface area contributed by atoms with Gasteiger partial charge in [0.15, 0.2) is 11.5 Å². The van der Waals surface area contributed by atoms with E-state index in [1.54, 1.807) is 38.3 Å². The minimum Gasteiger partial charge on any atom is -0.493 e. The smallest absolute Gasteiger partial charge is 0.322 e. The van der Waals surface area contributed by atoms with Crippen LogP contribution in [0.1, 0.15) is 0 Å². The van der Waals surface area contributed by atoms with Gasteiger partial charge in [0.25, 0.3) is 0 Å². The fourth-order valence-corrected chi connectivity index (χ4v) is 1.54. The van der Waals surface area contributed by atoms with Gasteiger partial charge < -0.3 is 25.2 Å². The standard InChI is InChI=1S/C12H18N2O4/c1-14(7-9(13)12(15)16)8-4-5-10(17-2)11(6-8)18-3/h4-6,9H,7,13H2,1-3H3,(H,15,16). The van der Waals surface area contributed by atoms with Crippen LogP contribution in [0.15, 0.2) is 18.2 Å². The summed E-state index contributed by atoms with van der Waals surface area (Å²) >= 11 is 0. The number of likely N-dealkylation sites (N-methyl/N-ethyl adjacent to an activating group) is 1. The van der Waals surface area contributed by atoms with Crippen LogP contribution in [0.25, 0.3) is 0 Å². The lowest BCUT2D eigenvalue weighted by molar-refractivity contribution is -0.138. The molecular formula is C12H18N2O4. The Hall–Kier alpha value is -1.95. The highest BCUT2D eigenvalue weighted by molar-refractivity contribution is 5.74. The highest BCUT2D eigenvalue weighted by Crippen LogP contribution is 2.30. The van der Waals surface area contributed by atoms with E-state index in [2.05, 4.69) is 0 Å². The molecule has 1 aromatic rings. The molecule has 6 nitrogen and oxygen atoms in total. The third-order valence-corrected chi connectivity index (χ3v) is 2.60. The second kappa shape index (κ2) is 6.11. The van der Waals surface area contributed by atoms with E-state index < -0.39 is 12.0 Å². The van der Waals surface area contributed by atoms with Crippen molar-refractivity contribution >= 4 is 11.7 Å². The number of hydrogen-bond acceptors (Lipinski definition) is 5. The highest BCUT2D eigenvalue weighted by atomic mass is 16.5. The molecule has 1 atom stereocenters. The lowest BCUT2D eigenvalue weighted by atomic mass is 10.2. The molecule has 0 spiro atoms. The van der Waals surface area contributed by atoms with Gasteiger partial charge in [-0.3, -0.25) is 4.79 Å². The normalized spacial score (nSPS) is 11.8. The van der Waals surface area contributed by atoms with Gasteiger partial charge in [0.05, 0.1) is 14.2 Å². The molecular weight excluding hydrogens is 236 g/mol. The molecule has 3 N–H and O–H groups in total. The van der Waals surface area contributed by atoms with Crippen LogP contribution in [0.5, 0.6) is 11.5 Å². The fourth-order valence-electron chi connectivity index (χ4n) is 1.54. The van der Waals surface area contributed by atoms with E-state index in [0.717, 1.165) is 5.69 Å². The van der Waals surface area contributed by atoms with Crippen molar-refractivity contribution in [3.8, 4) is 11.5 Å². The Morgan fingerprint density at radius 2 is 2.00 bits per heavy atom. The number of anilines is 1. The van der Waals surface area contributed by atoms with Crippen LogP contribution < -0.4 is 20.1 Å². The Morgan fingerprint density at radius 3 is 2.50 bits per heavy atom. The Kier molecular flexibility index (Phi) is 4.79. The quantitative estimate of drug-likeness (QED) is 0.771. The first-order valence-corrected chi connectivity index (χ1v) is 5.41. The summed E-state index contributed by atoms with van der Waals surface area (Å²) in [6, 6.07) is 4.42. The van der Waals surface area contributed by atoms with Crippen LogP contribution in [-0.2, 0) is 4.79 Å². The molecule has 100 valence electrons. The SMILES string of the molecule is COc1ccc(N(C)CC(N)C(=O)O)cc1OC. The first-order chi connectivity index (χ1) is 8.49. The number of rotatable bonds is 6. The largest absolute Gasteiger partial charge is 0.493 e. The van der Waals surface area contributed by atoms with Crippen molar-refractivity contribution in [2.45, 2.75) is 6.04 Å². The second-order valence-electron chi connectivity index (χ2n) is 3.86. The number of hydrogen-bond donors (Lipinski definition) is 2. The molecule has 0 aliphatic carbocycles. The first-order valence-electron chi connectivity index (χ1n) is 5.41. The van der Waals surface area contributed by atoms with Gasteiger partial charge in [0.2, 0.25) is 0 Å². The van der Waals surface area contributed by atoms with Crippen LogP contribution in [0.4, 0.5) is 5.69 Å². The number of ether oxygens (including phenoxy) is 2. The molecule has 1 rings (SSSR count). The van der Waals surface area contributed by atoms with Crippen molar-refractivity contribution in [3.05, 3.63) is 18.2 Å². The zero-order chi connectivity index (χ0) is 13.7. The van der Waals surface area contributed by atoms with Crippen molar-refractivity contribution in [3.63, 3.8) is 0 Å². The lowest BCUT2D eigenvalue weighted by Crippen LogP contribution is -2.41. The van der Waals surface area contributed by atoms with Gasteiger partial charge in [0.1, 0.15) is 6.04 Å². The topological polar surface area (TPSA) is 85.0 Å². The van der Waals surface area contributed by atoms with E-state index in [9.17, 15) is 4.79 Å². The molecule has 1 aromatic carbocycles. The summed E-state index contributed by atoms with van der Waals surface area (Å²) in [4.78, 5) is 12.4. The minimum atomic E-state index is -1.03. The second-order valence-corrected chi connectivity index (χ2v) is 3.86. The Morgan fingerprint density at radius 1 is 1.39 bits per heavy atom. The predicted molar refractivity (Wildman–Crippen MR) is 68.4 cm³/mol. The highest BCUT2D eigenvalue weighted by Gasteiger charge is 2.15. The summed E-state index contributed by atoms with van der Waals surface area (Å²) < 4.78 is 10.3. The van der Waals surface area contributed by atoms with Crippen LogP contribution in [0, 0.1) is 0 Å². The number of carbonyl (C=O) groups is 1. The molecule has 0 saturated heterocycles. The zero-order valence-electron chi connectivity index (χ0n) is 10.7. The summed E-state index contributed by atoms with van der Waals surface area (Å²) in [7, 11) is 4.87. The Bertz CT molecular complexity index is 423. The molecule has 1 unspecified atom stereocenters. The van der Waals surface area contributed by atoms with E-state index in [1.165, 1.54) is 0 Å². The molecule has 0 aromatic heterocycles. The Balaban J connectivity index is 2.86. The Labute approximate surface area is 106 Å². The number of nitrogens with zero attached hydrogens (tertiary/aromatic N) is 1. The minimum absolute atomic E-state index is 0.213. The number of nitrogens with two attached hydrogens (primary N) is 1. The molecule has 0 fully saturated rings. The van der Waals surface area contributed by atoms with Crippen molar-refractivity contribution in [1.82, 2.24) is 0 Å². The fraction of sp³-hybridized carbons (Fsp3) is 0.417. The monoisotopic (exact) mass is 254 g/mol. The molecule has 0 bridgehead atoms. The molecule has 6 heteroatoms. The van der Waals surface area contributed by atoms with E-state index in [0.29, 0.717) is 11.5 Å². The maximum Gasteiger partial charge on any atom is 0.322 e. The van der Waals surface area contributed by atoms with Crippen LogP contribution in [0.3, 0.4) is 0 Å². The summed E-state index contributed by atoms with van der Waals surface area (Å²) in [5.74, 6) is 0.185. The summed E-state index contributed by atoms with van der Waals surface area (Å²) in [5, 5.41) is 8.76. The lowest BCUT2D eigenvalue weighted by Gasteiger charge is -2.22. The number of methoxy groups -OCH3 is 2. The summed E-state index contributed by atoms with van der Waals surface area (Å²) in [6.07, 6.45) is 0. The van der Waals surface area contributed by atoms with Crippen LogP contribution in [0.2, 0.25) is 0 Å². The average molecular weight is 254 g/mol. The van der Waals surface area contributed by atoms with Crippen molar-refractivity contribution in [2.75, 3.05) is 32.7 Å². The van der Waals surface area contributed by atoms with Gasteiger partial charge in [-0.2, -0.15) is 0 Å². The van der Waals surface area contributed by atoms with Crippen molar-refractivity contribution < 1.29 is 19.4 Å². The summed E-state index contributed by atoms with van der Waals surface area (Å²) in [6.45, 7) is 0.213. The molecule has 18 heavy (non-hydrogen) atoms.